The fourth-order valence-electron chi connectivity index (χ4n) is 2.70. The largest absolute Gasteiger partial charge is 0.356 e. The Morgan fingerprint density at radius 3 is 2.65 bits per heavy atom. The number of hydrogen-bond donors (Lipinski definition) is 1. The van der Waals surface area contributed by atoms with Gasteiger partial charge in [0, 0.05) is 30.4 Å². The van der Waals surface area contributed by atoms with Gasteiger partial charge in [0.05, 0.1) is 10.6 Å². The first-order valence-electron chi connectivity index (χ1n) is 7.97. The van der Waals surface area contributed by atoms with Crippen LogP contribution in [0.4, 0.5) is 0 Å². The molecule has 23 heavy (non-hydrogen) atoms. The van der Waals surface area contributed by atoms with E-state index >= 15 is 0 Å². The number of rotatable bonds is 5. The van der Waals surface area contributed by atoms with Gasteiger partial charge >= 0.3 is 0 Å². The number of carbonyl (C=O) groups excluding carboxylic acids is 2. The lowest BCUT2D eigenvalue weighted by molar-refractivity contribution is -0.126. The minimum atomic E-state index is -0.0432. The number of thioether (sulfide) groups is 1. The third-order valence-corrected chi connectivity index (χ3v) is 5.16. The van der Waals surface area contributed by atoms with Gasteiger partial charge in [0.15, 0.2) is 0 Å². The van der Waals surface area contributed by atoms with Crippen molar-refractivity contribution >= 4 is 35.2 Å². The molecule has 1 aromatic carbocycles. The van der Waals surface area contributed by atoms with Crippen LogP contribution in [-0.4, -0.2) is 42.6 Å². The predicted molar refractivity (Wildman–Crippen MR) is 95.2 cm³/mol. The molecule has 0 unspecified atom stereocenters. The van der Waals surface area contributed by atoms with Crippen LogP contribution in [0.15, 0.2) is 23.1 Å². The van der Waals surface area contributed by atoms with Gasteiger partial charge in [-0.1, -0.05) is 18.5 Å². The molecule has 0 saturated carbocycles. The van der Waals surface area contributed by atoms with Crippen LogP contribution < -0.4 is 5.32 Å². The summed E-state index contributed by atoms with van der Waals surface area (Å²) in [5.41, 5.74) is 0.549. The first-order valence-corrected chi connectivity index (χ1v) is 9.57. The lowest BCUT2D eigenvalue weighted by Crippen LogP contribution is -2.43. The number of amides is 2. The molecule has 1 heterocycles. The average molecular weight is 355 g/mol. The normalized spacial score (nSPS) is 15.5. The van der Waals surface area contributed by atoms with E-state index < -0.39 is 0 Å². The van der Waals surface area contributed by atoms with Crippen LogP contribution in [0, 0.1) is 5.92 Å². The minimum absolute atomic E-state index is 0.0126. The number of nitrogens with one attached hydrogen (secondary N) is 1. The summed E-state index contributed by atoms with van der Waals surface area (Å²) in [6.07, 6.45) is 4.33. The molecule has 0 radical (unpaired) electrons. The first-order chi connectivity index (χ1) is 11.1. The van der Waals surface area contributed by atoms with Gasteiger partial charge in [-0.3, -0.25) is 9.59 Å². The predicted octanol–water partition coefficient (Wildman–Crippen LogP) is 3.44. The zero-order valence-electron chi connectivity index (χ0n) is 13.6. The van der Waals surface area contributed by atoms with Gasteiger partial charge in [-0.05, 0) is 43.7 Å². The van der Waals surface area contributed by atoms with Crippen LogP contribution in [0.5, 0.6) is 0 Å². The van der Waals surface area contributed by atoms with Crippen molar-refractivity contribution in [2.45, 2.75) is 31.1 Å². The molecular formula is C17H23ClN2O2S. The van der Waals surface area contributed by atoms with E-state index in [1.54, 1.807) is 22.7 Å². The second-order valence-electron chi connectivity index (χ2n) is 5.70. The van der Waals surface area contributed by atoms with Crippen LogP contribution >= 0.6 is 23.4 Å². The Kier molecular flexibility index (Phi) is 6.78. The third kappa shape index (κ3) is 4.64. The van der Waals surface area contributed by atoms with E-state index in [9.17, 15) is 9.59 Å². The van der Waals surface area contributed by atoms with Crippen LogP contribution in [0.1, 0.15) is 36.5 Å². The van der Waals surface area contributed by atoms with Crippen molar-refractivity contribution in [1.82, 2.24) is 10.2 Å². The highest BCUT2D eigenvalue weighted by Gasteiger charge is 2.28. The van der Waals surface area contributed by atoms with Gasteiger partial charge in [-0.25, -0.2) is 0 Å². The Morgan fingerprint density at radius 2 is 2.04 bits per heavy atom. The minimum Gasteiger partial charge on any atom is -0.356 e. The van der Waals surface area contributed by atoms with Crippen molar-refractivity contribution in [3.05, 3.63) is 28.8 Å². The Bertz CT molecular complexity index is 572. The lowest BCUT2D eigenvalue weighted by atomic mass is 9.95. The molecule has 1 aliphatic rings. The number of benzene rings is 1. The van der Waals surface area contributed by atoms with E-state index in [1.807, 2.05) is 25.3 Å². The summed E-state index contributed by atoms with van der Waals surface area (Å²) in [5, 5.41) is 3.42. The average Bonchev–Trinajstić information content (AvgIpc) is 2.59. The highest BCUT2D eigenvalue weighted by atomic mass is 35.5. The van der Waals surface area contributed by atoms with Gasteiger partial charge in [-0.15, -0.1) is 11.8 Å². The summed E-state index contributed by atoms with van der Waals surface area (Å²) >= 11 is 7.77. The fourth-order valence-corrected chi connectivity index (χ4v) is 3.34. The van der Waals surface area contributed by atoms with E-state index in [2.05, 4.69) is 5.32 Å². The van der Waals surface area contributed by atoms with Crippen molar-refractivity contribution in [2.24, 2.45) is 5.92 Å². The van der Waals surface area contributed by atoms with Gasteiger partial charge in [0.2, 0.25) is 5.91 Å². The van der Waals surface area contributed by atoms with Gasteiger partial charge in [0.25, 0.3) is 5.91 Å². The fraction of sp³-hybridized carbons (Fsp3) is 0.529. The van der Waals surface area contributed by atoms with E-state index in [4.69, 9.17) is 11.6 Å². The van der Waals surface area contributed by atoms with E-state index in [0.29, 0.717) is 36.5 Å². The van der Waals surface area contributed by atoms with Gasteiger partial charge in [-0.2, -0.15) is 0 Å². The number of hydrogen-bond acceptors (Lipinski definition) is 3. The monoisotopic (exact) mass is 354 g/mol. The summed E-state index contributed by atoms with van der Waals surface area (Å²) in [6.45, 7) is 3.95. The Morgan fingerprint density at radius 1 is 1.35 bits per heavy atom. The standard InChI is InChI=1S/C17H23ClN2O2S/c1-3-8-19-16(21)12-6-9-20(10-7-12)17(22)14-11-13(23-2)4-5-15(14)18/h4-5,11-12H,3,6-10H2,1-2H3,(H,19,21). The van der Waals surface area contributed by atoms with E-state index in [-0.39, 0.29) is 17.7 Å². The quantitative estimate of drug-likeness (QED) is 0.824. The number of nitrogens with zero attached hydrogens (tertiary/aromatic N) is 1. The molecule has 0 aliphatic carbocycles. The third-order valence-electron chi connectivity index (χ3n) is 4.11. The molecule has 1 aliphatic heterocycles. The maximum Gasteiger partial charge on any atom is 0.255 e. The molecule has 6 heteroatoms. The summed E-state index contributed by atoms with van der Waals surface area (Å²) in [5.74, 6) is 0.0817. The maximum absolute atomic E-state index is 12.7. The number of likely N-dealkylation sites (tertiary alicyclic amines) is 1. The van der Waals surface area contributed by atoms with E-state index in [1.165, 1.54) is 0 Å². The molecule has 0 atom stereocenters. The Hall–Kier alpha value is -1.20. The van der Waals surface area contributed by atoms with Crippen molar-refractivity contribution in [3.8, 4) is 0 Å². The Balaban J connectivity index is 1.97. The summed E-state index contributed by atoms with van der Waals surface area (Å²) in [4.78, 5) is 27.5. The van der Waals surface area contributed by atoms with Crippen LogP contribution in [0.2, 0.25) is 5.02 Å². The van der Waals surface area contributed by atoms with Crippen molar-refractivity contribution in [3.63, 3.8) is 0 Å². The molecule has 4 nitrogen and oxygen atoms in total. The molecule has 1 aromatic rings. The second-order valence-corrected chi connectivity index (χ2v) is 6.99. The Labute approximate surface area is 146 Å². The molecule has 0 aromatic heterocycles. The van der Waals surface area contributed by atoms with Crippen LogP contribution in [0.3, 0.4) is 0 Å². The summed E-state index contributed by atoms with van der Waals surface area (Å²) in [6, 6.07) is 5.52. The van der Waals surface area contributed by atoms with Crippen molar-refractivity contribution in [2.75, 3.05) is 25.9 Å². The SMILES string of the molecule is CCCNC(=O)C1CCN(C(=O)c2cc(SC)ccc2Cl)CC1. The first kappa shape index (κ1) is 18.1. The molecule has 0 spiro atoms. The highest BCUT2D eigenvalue weighted by Crippen LogP contribution is 2.26. The molecule has 1 saturated heterocycles. The van der Waals surface area contributed by atoms with Gasteiger partial charge < -0.3 is 10.2 Å². The van der Waals surface area contributed by atoms with Crippen LogP contribution in [0.25, 0.3) is 0 Å². The number of piperidine rings is 1. The molecule has 2 amide bonds. The zero-order valence-corrected chi connectivity index (χ0v) is 15.2. The summed E-state index contributed by atoms with van der Waals surface area (Å²) < 4.78 is 0. The number of carbonyl (C=O) groups is 2. The molecule has 0 bridgehead atoms. The molecule has 126 valence electrons. The molecule has 1 fully saturated rings. The summed E-state index contributed by atoms with van der Waals surface area (Å²) in [7, 11) is 0. The van der Waals surface area contributed by atoms with E-state index in [0.717, 1.165) is 17.9 Å². The zero-order chi connectivity index (χ0) is 16.8. The van der Waals surface area contributed by atoms with Crippen LogP contribution in [-0.2, 0) is 4.79 Å². The highest BCUT2D eigenvalue weighted by molar-refractivity contribution is 7.98. The molecular weight excluding hydrogens is 332 g/mol. The topological polar surface area (TPSA) is 49.4 Å². The number of halogens is 1. The smallest absolute Gasteiger partial charge is 0.255 e. The van der Waals surface area contributed by atoms with Gasteiger partial charge in [0.1, 0.15) is 0 Å². The maximum atomic E-state index is 12.7. The second kappa shape index (κ2) is 8.60. The lowest BCUT2D eigenvalue weighted by Gasteiger charge is -2.31. The molecule has 2 rings (SSSR count). The van der Waals surface area contributed by atoms with Crippen molar-refractivity contribution in [1.29, 1.82) is 0 Å². The van der Waals surface area contributed by atoms with Crippen molar-refractivity contribution < 1.29 is 9.59 Å². The molecule has 1 N–H and O–H groups in total.